The number of aliphatic hydroxyl groups is 1. The molecule has 4 nitrogen and oxygen atoms in total. The Morgan fingerprint density at radius 2 is 2.05 bits per heavy atom. The number of anilines is 1. The van der Waals surface area contributed by atoms with Gasteiger partial charge in [0.25, 0.3) is 0 Å². The van der Waals surface area contributed by atoms with Crippen LogP contribution >= 0.6 is 0 Å². The Morgan fingerprint density at radius 1 is 1.25 bits per heavy atom. The minimum absolute atomic E-state index is 0.0162. The number of pyridine rings is 2. The summed E-state index contributed by atoms with van der Waals surface area (Å²) in [5.74, 6) is 0.862. The molecule has 0 saturated heterocycles. The molecule has 2 rings (SSSR count). The van der Waals surface area contributed by atoms with Crippen LogP contribution in [-0.4, -0.2) is 28.7 Å². The van der Waals surface area contributed by atoms with Crippen molar-refractivity contribution in [3.63, 3.8) is 0 Å². The lowest BCUT2D eigenvalue weighted by Crippen LogP contribution is -2.24. The molecule has 0 amide bonds. The Hall–Kier alpha value is -1.94. The van der Waals surface area contributed by atoms with Crippen molar-refractivity contribution in [3.8, 4) is 0 Å². The topological polar surface area (TPSA) is 49.2 Å². The van der Waals surface area contributed by atoms with E-state index in [1.54, 1.807) is 0 Å². The molecule has 0 bridgehead atoms. The summed E-state index contributed by atoms with van der Waals surface area (Å²) in [5, 5.41) is 9.55. The highest BCUT2D eigenvalue weighted by atomic mass is 16.3. The van der Waals surface area contributed by atoms with E-state index >= 15 is 0 Å². The van der Waals surface area contributed by atoms with Crippen molar-refractivity contribution >= 4 is 5.82 Å². The van der Waals surface area contributed by atoms with E-state index in [2.05, 4.69) is 14.9 Å². The van der Waals surface area contributed by atoms with Crippen LogP contribution in [0.2, 0.25) is 0 Å². The Kier molecular flexibility index (Phi) is 4.69. The van der Waals surface area contributed by atoms with Crippen molar-refractivity contribution < 1.29 is 5.11 Å². The van der Waals surface area contributed by atoms with Gasteiger partial charge in [0.05, 0.1) is 6.61 Å². The highest BCUT2D eigenvalue weighted by Gasteiger charge is 2.12. The zero-order valence-electron chi connectivity index (χ0n) is 12.3. The number of likely N-dealkylation sites (N-methyl/N-ethyl adjacent to an activating group) is 1. The number of hydrogen-bond acceptors (Lipinski definition) is 4. The molecule has 20 heavy (non-hydrogen) atoms. The van der Waals surface area contributed by atoms with E-state index in [-0.39, 0.29) is 6.61 Å². The summed E-state index contributed by atoms with van der Waals surface area (Å²) in [6.07, 6.45) is 2.67. The van der Waals surface area contributed by atoms with Crippen molar-refractivity contribution in [2.45, 2.75) is 26.9 Å². The molecule has 1 N–H and O–H groups in total. The summed E-state index contributed by atoms with van der Waals surface area (Å²) in [6, 6.07) is 7.94. The third-order valence-corrected chi connectivity index (χ3v) is 3.40. The first kappa shape index (κ1) is 14.5. The van der Waals surface area contributed by atoms with Gasteiger partial charge in [0.15, 0.2) is 0 Å². The number of aliphatic hydroxyl groups excluding tert-OH is 1. The first-order chi connectivity index (χ1) is 9.61. The van der Waals surface area contributed by atoms with Crippen LogP contribution in [0.5, 0.6) is 0 Å². The van der Waals surface area contributed by atoms with Crippen LogP contribution in [0, 0.1) is 13.8 Å². The highest BCUT2D eigenvalue weighted by Crippen LogP contribution is 2.21. The van der Waals surface area contributed by atoms with Gasteiger partial charge in [-0.3, -0.25) is 4.98 Å². The van der Waals surface area contributed by atoms with E-state index < -0.39 is 0 Å². The van der Waals surface area contributed by atoms with Crippen molar-refractivity contribution in [3.05, 3.63) is 53.0 Å². The van der Waals surface area contributed by atoms with Gasteiger partial charge in [0, 0.05) is 43.2 Å². The number of aryl methyl sites for hydroxylation is 2. The second-order valence-electron chi connectivity index (χ2n) is 5.03. The van der Waals surface area contributed by atoms with E-state index in [0.717, 1.165) is 41.3 Å². The van der Waals surface area contributed by atoms with Crippen molar-refractivity contribution in [2.24, 2.45) is 0 Å². The van der Waals surface area contributed by atoms with Gasteiger partial charge < -0.3 is 10.0 Å². The molecule has 0 fully saturated rings. The minimum atomic E-state index is 0.0162. The number of nitrogens with zero attached hydrogens (tertiary/aromatic N) is 3. The molecule has 2 heterocycles. The monoisotopic (exact) mass is 271 g/mol. The zero-order valence-corrected chi connectivity index (χ0v) is 12.3. The average molecular weight is 271 g/mol. The van der Waals surface area contributed by atoms with Crippen LogP contribution in [0.15, 0.2) is 30.5 Å². The van der Waals surface area contributed by atoms with Crippen molar-refractivity contribution in [1.29, 1.82) is 0 Å². The molecule has 106 valence electrons. The summed E-state index contributed by atoms with van der Waals surface area (Å²) < 4.78 is 0. The van der Waals surface area contributed by atoms with E-state index in [0.29, 0.717) is 0 Å². The van der Waals surface area contributed by atoms with E-state index in [9.17, 15) is 5.11 Å². The predicted octanol–water partition coefficient (Wildman–Crippen LogP) is 2.26. The van der Waals surface area contributed by atoms with E-state index in [1.165, 1.54) is 0 Å². The van der Waals surface area contributed by atoms with Crippen molar-refractivity contribution in [2.75, 3.05) is 18.5 Å². The maximum atomic E-state index is 9.55. The van der Waals surface area contributed by atoms with Gasteiger partial charge in [-0.25, -0.2) is 4.98 Å². The molecule has 0 atom stereocenters. The third kappa shape index (κ3) is 3.33. The molecule has 0 radical (unpaired) electrons. The molecule has 0 aromatic carbocycles. The van der Waals surface area contributed by atoms with Gasteiger partial charge in [-0.1, -0.05) is 6.07 Å². The first-order valence-electron chi connectivity index (χ1n) is 6.81. The Morgan fingerprint density at radius 3 is 2.70 bits per heavy atom. The van der Waals surface area contributed by atoms with Gasteiger partial charge in [-0.15, -0.1) is 0 Å². The molecule has 0 saturated carbocycles. The fourth-order valence-corrected chi connectivity index (χ4v) is 2.29. The van der Waals surface area contributed by atoms with E-state index in [4.69, 9.17) is 0 Å². The lowest BCUT2D eigenvalue weighted by atomic mass is 10.1. The number of hydrogen-bond donors (Lipinski definition) is 1. The first-order valence-corrected chi connectivity index (χ1v) is 6.81. The Bertz CT molecular complexity index is 569. The molecule has 2 aromatic heterocycles. The Balaban J connectivity index is 2.14. The zero-order chi connectivity index (χ0) is 14.5. The molecular formula is C16H21N3O. The lowest BCUT2D eigenvalue weighted by molar-refractivity contribution is 0.281. The molecule has 4 heteroatoms. The smallest absolute Gasteiger partial charge is 0.134 e. The van der Waals surface area contributed by atoms with Gasteiger partial charge in [0.1, 0.15) is 5.82 Å². The lowest BCUT2D eigenvalue weighted by Gasteiger charge is -2.22. The molecule has 2 aromatic rings. The summed E-state index contributed by atoms with van der Waals surface area (Å²) in [7, 11) is 2.00. The number of aromatic nitrogens is 2. The highest BCUT2D eigenvalue weighted by molar-refractivity contribution is 5.50. The summed E-state index contributed by atoms with van der Waals surface area (Å²) >= 11 is 0. The molecule has 0 aliphatic heterocycles. The van der Waals surface area contributed by atoms with Crippen molar-refractivity contribution in [1.82, 2.24) is 9.97 Å². The van der Waals surface area contributed by atoms with Crippen LogP contribution in [0.25, 0.3) is 0 Å². The van der Waals surface area contributed by atoms with Crippen LogP contribution in [-0.2, 0) is 13.0 Å². The largest absolute Gasteiger partial charge is 0.392 e. The summed E-state index contributed by atoms with van der Waals surface area (Å²) in [5.41, 5.74) is 4.02. The standard InChI is InChI=1S/C16H21N3O/c1-12-10-13(2)18-16(15(12)11-20)19(3)9-7-14-6-4-5-8-17-14/h4-6,8,10,20H,7,9,11H2,1-3H3. The van der Waals surface area contributed by atoms with Gasteiger partial charge in [-0.05, 0) is 37.6 Å². The summed E-state index contributed by atoms with van der Waals surface area (Å²) in [4.78, 5) is 11.0. The maximum absolute atomic E-state index is 9.55. The molecular weight excluding hydrogens is 250 g/mol. The Labute approximate surface area is 120 Å². The maximum Gasteiger partial charge on any atom is 0.134 e. The van der Waals surface area contributed by atoms with Crippen LogP contribution < -0.4 is 4.90 Å². The van der Waals surface area contributed by atoms with Crippen LogP contribution in [0.3, 0.4) is 0 Å². The van der Waals surface area contributed by atoms with Crippen LogP contribution in [0.4, 0.5) is 5.82 Å². The van der Waals surface area contributed by atoms with Crippen LogP contribution in [0.1, 0.15) is 22.5 Å². The molecule has 0 aliphatic carbocycles. The van der Waals surface area contributed by atoms with Gasteiger partial charge in [-0.2, -0.15) is 0 Å². The second kappa shape index (κ2) is 6.48. The molecule has 0 unspecified atom stereocenters. The second-order valence-corrected chi connectivity index (χ2v) is 5.03. The fourth-order valence-electron chi connectivity index (χ4n) is 2.29. The van der Waals surface area contributed by atoms with Gasteiger partial charge >= 0.3 is 0 Å². The third-order valence-electron chi connectivity index (χ3n) is 3.40. The van der Waals surface area contributed by atoms with E-state index in [1.807, 2.05) is 51.4 Å². The fraction of sp³-hybridized carbons (Fsp3) is 0.375. The predicted molar refractivity (Wildman–Crippen MR) is 80.8 cm³/mol. The van der Waals surface area contributed by atoms with Gasteiger partial charge in [0.2, 0.25) is 0 Å². The SMILES string of the molecule is Cc1cc(C)c(CO)c(N(C)CCc2ccccn2)n1. The normalized spacial score (nSPS) is 10.6. The quantitative estimate of drug-likeness (QED) is 0.906. The average Bonchev–Trinajstić information content (AvgIpc) is 2.45. The minimum Gasteiger partial charge on any atom is -0.392 e. The molecule has 0 spiro atoms. The summed E-state index contributed by atoms with van der Waals surface area (Å²) in [6.45, 7) is 4.82. The number of rotatable bonds is 5. The molecule has 0 aliphatic rings.